The standard InChI is InChI=1S/C15H19FN2O3/c1-20-9-10-2-3-13-14(21-10)5-7-18(13)15(19)11-4-6-17-8-12(11)16/h4,6,8,10,13-14H,2-3,5,7,9H2,1H3/t10-,13+,14+/m1/s1. The van der Waals surface area contributed by atoms with Crippen molar-refractivity contribution in [1.82, 2.24) is 9.88 Å². The Hall–Kier alpha value is -1.53. The Kier molecular flexibility index (Phi) is 4.17. The largest absolute Gasteiger partial charge is 0.382 e. The minimum atomic E-state index is -0.570. The molecule has 3 atom stereocenters. The van der Waals surface area contributed by atoms with Crippen LogP contribution in [0.3, 0.4) is 0 Å². The molecule has 2 aliphatic rings. The van der Waals surface area contributed by atoms with Crippen LogP contribution in [0.2, 0.25) is 0 Å². The molecule has 3 rings (SSSR count). The van der Waals surface area contributed by atoms with Crippen LogP contribution in [0.25, 0.3) is 0 Å². The van der Waals surface area contributed by atoms with Crippen LogP contribution in [0.15, 0.2) is 18.5 Å². The number of amides is 1. The highest BCUT2D eigenvalue weighted by Gasteiger charge is 2.42. The maximum absolute atomic E-state index is 13.7. The summed E-state index contributed by atoms with van der Waals surface area (Å²) >= 11 is 0. The summed E-state index contributed by atoms with van der Waals surface area (Å²) in [6.07, 6.45) is 5.18. The molecular weight excluding hydrogens is 275 g/mol. The van der Waals surface area contributed by atoms with Gasteiger partial charge in [0, 0.05) is 19.9 Å². The SMILES string of the molecule is COC[C@H]1CC[C@H]2[C@H](CCN2C(=O)c2ccncc2F)O1. The summed E-state index contributed by atoms with van der Waals surface area (Å²) < 4.78 is 24.8. The summed E-state index contributed by atoms with van der Waals surface area (Å²) in [7, 11) is 1.66. The third kappa shape index (κ3) is 2.78. The molecule has 21 heavy (non-hydrogen) atoms. The lowest BCUT2D eigenvalue weighted by Gasteiger charge is -2.35. The second-order valence-electron chi connectivity index (χ2n) is 5.54. The molecule has 0 radical (unpaired) electrons. The van der Waals surface area contributed by atoms with E-state index in [1.807, 2.05) is 0 Å². The van der Waals surface area contributed by atoms with E-state index < -0.39 is 5.82 Å². The Labute approximate surface area is 123 Å². The third-order valence-corrected chi connectivity index (χ3v) is 4.25. The van der Waals surface area contributed by atoms with Gasteiger partial charge in [0.2, 0.25) is 0 Å². The predicted molar refractivity (Wildman–Crippen MR) is 73.4 cm³/mol. The second kappa shape index (κ2) is 6.07. The van der Waals surface area contributed by atoms with Gasteiger partial charge in [0.1, 0.15) is 0 Å². The summed E-state index contributed by atoms with van der Waals surface area (Å²) in [4.78, 5) is 17.9. The van der Waals surface area contributed by atoms with Crippen LogP contribution in [-0.4, -0.2) is 54.3 Å². The minimum Gasteiger partial charge on any atom is -0.382 e. The van der Waals surface area contributed by atoms with Crippen LogP contribution in [0.1, 0.15) is 29.6 Å². The molecule has 5 nitrogen and oxygen atoms in total. The van der Waals surface area contributed by atoms with E-state index in [4.69, 9.17) is 9.47 Å². The van der Waals surface area contributed by atoms with Gasteiger partial charge in [-0.05, 0) is 25.3 Å². The van der Waals surface area contributed by atoms with E-state index in [0.29, 0.717) is 13.2 Å². The molecule has 0 saturated carbocycles. The van der Waals surface area contributed by atoms with E-state index in [2.05, 4.69) is 4.98 Å². The van der Waals surface area contributed by atoms with Crippen LogP contribution in [0.5, 0.6) is 0 Å². The predicted octanol–water partition coefficient (Wildman–Crippen LogP) is 1.63. The van der Waals surface area contributed by atoms with Crippen molar-refractivity contribution in [3.8, 4) is 0 Å². The van der Waals surface area contributed by atoms with Gasteiger partial charge in [0.25, 0.3) is 5.91 Å². The number of nitrogens with zero attached hydrogens (tertiary/aromatic N) is 2. The molecular formula is C15H19FN2O3. The Morgan fingerprint density at radius 3 is 3.14 bits per heavy atom. The van der Waals surface area contributed by atoms with Crippen LogP contribution >= 0.6 is 0 Å². The van der Waals surface area contributed by atoms with Crippen molar-refractivity contribution in [3.63, 3.8) is 0 Å². The van der Waals surface area contributed by atoms with E-state index in [1.165, 1.54) is 12.3 Å². The first-order valence-electron chi connectivity index (χ1n) is 7.25. The van der Waals surface area contributed by atoms with Gasteiger partial charge in [-0.1, -0.05) is 0 Å². The van der Waals surface area contributed by atoms with Crippen molar-refractivity contribution in [3.05, 3.63) is 29.8 Å². The maximum atomic E-state index is 13.7. The highest BCUT2D eigenvalue weighted by Crippen LogP contribution is 2.32. The Morgan fingerprint density at radius 2 is 2.38 bits per heavy atom. The number of hydrogen-bond donors (Lipinski definition) is 0. The molecule has 0 aliphatic carbocycles. The lowest BCUT2D eigenvalue weighted by atomic mass is 9.99. The topological polar surface area (TPSA) is 51.7 Å². The number of likely N-dealkylation sites (tertiary alicyclic amines) is 1. The second-order valence-corrected chi connectivity index (χ2v) is 5.54. The van der Waals surface area contributed by atoms with E-state index in [1.54, 1.807) is 12.0 Å². The summed E-state index contributed by atoms with van der Waals surface area (Å²) in [5.74, 6) is -0.837. The lowest BCUT2D eigenvalue weighted by molar-refractivity contribution is -0.0903. The number of hydrogen-bond acceptors (Lipinski definition) is 4. The highest BCUT2D eigenvalue weighted by atomic mass is 19.1. The average Bonchev–Trinajstić information content (AvgIpc) is 2.90. The molecule has 3 heterocycles. The Balaban J connectivity index is 1.71. The zero-order valence-corrected chi connectivity index (χ0v) is 12.0. The zero-order chi connectivity index (χ0) is 14.8. The molecule has 1 amide bonds. The summed E-state index contributed by atoms with van der Waals surface area (Å²) in [5.41, 5.74) is 0.0877. The van der Waals surface area contributed by atoms with Crippen LogP contribution in [0, 0.1) is 5.82 Å². The highest BCUT2D eigenvalue weighted by molar-refractivity contribution is 5.94. The number of aromatic nitrogens is 1. The van der Waals surface area contributed by atoms with Gasteiger partial charge in [-0.2, -0.15) is 0 Å². The number of carbonyl (C=O) groups is 1. The van der Waals surface area contributed by atoms with Gasteiger partial charge in [-0.25, -0.2) is 4.39 Å². The normalized spacial score (nSPS) is 28.5. The van der Waals surface area contributed by atoms with Gasteiger partial charge in [0.05, 0.1) is 36.6 Å². The van der Waals surface area contributed by atoms with Gasteiger partial charge >= 0.3 is 0 Å². The van der Waals surface area contributed by atoms with Crippen molar-refractivity contribution < 1.29 is 18.7 Å². The van der Waals surface area contributed by atoms with Gasteiger partial charge in [-0.15, -0.1) is 0 Å². The number of halogens is 1. The van der Waals surface area contributed by atoms with Gasteiger partial charge in [-0.3, -0.25) is 9.78 Å². The van der Waals surface area contributed by atoms with E-state index in [9.17, 15) is 9.18 Å². The molecule has 1 aromatic rings. The lowest BCUT2D eigenvalue weighted by Crippen LogP contribution is -2.46. The fourth-order valence-electron chi connectivity index (χ4n) is 3.26. The smallest absolute Gasteiger partial charge is 0.257 e. The Bertz CT molecular complexity index is 525. The average molecular weight is 294 g/mol. The fourth-order valence-corrected chi connectivity index (χ4v) is 3.26. The number of carbonyl (C=O) groups excluding carboxylic acids is 1. The first-order chi connectivity index (χ1) is 10.2. The number of fused-ring (bicyclic) bond motifs is 1. The summed E-state index contributed by atoms with van der Waals surface area (Å²) in [6.45, 7) is 1.19. The molecule has 0 N–H and O–H groups in total. The maximum Gasteiger partial charge on any atom is 0.257 e. The number of rotatable bonds is 3. The Morgan fingerprint density at radius 1 is 1.52 bits per heavy atom. The van der Waals surface area contributed by atoms with Crippen molar-refractivity contribution in [2.45, 2.75) is 37.5 Å². The van der Waals surface area contributed by atoms with Gasteiger partial charge in [0.15, 0.2) is 5.82 Å². The van der Waals surface area contributed by atoms with Crippen LogP contribution in [0.4, 0.5) is 4.39 Å². The van der Waals surface area contributed by atoms with E-state index >= 15 is 0 Å². The number of pyridine rings is 1. The first kappa shape index (κ1) is 14.4. The molecule has 0 unspecified atom stereocenters. The van der Waals surface area contributed by atoms with Crippen molar-refractivity contribution in [2.75, 3.05) is 20.3 Å². The number of ether oxygens (including phenoxy) is 2. The molecule has 0 aromatic carbocycles. The van der Waals surface area contributed by atoms with Crippen molar-refractivity contribution >= 4 is 5.91 Å². The quantitative estimate of drug-likeness (QED) is 0.850. The number of methoxy groups -OCH3 is 1. The minimum absolute atomic E-state index is 0.0350. The van der Waals surface area contributed by atoms with Crippen LogP contribution in [-0.2, 0) is 9.47 Å². The molecule has 1 aromatic heterocycles. The van der Waals surface area contributed by atoms with E-state index in [-0.39, 0.29) is 29.7 Å². The first-order valence-corrected chi connectivity index (χ1v) is 7.25. The van der Waals surface area contributed by atoms with Crippen LogP contribution < -0.4 is 0 Å². The summed E-state index contributed by atoms with van der Waals surface area (Å²) in [6, 6.07) is 1.47. The van der Waals surface area contributed by atoms with Crippen molar-refractivity contribution in [2.24, 2.45) is 0 Å². The molecule has 0 spiro atoms. The van der Waals surface area contributed by atoms with Crippen molar-refractivity contribution in [1.29, 1.82) is 0 Å². The monoisotopic (exact) mass is 294 g/mol. The molecule has 0 bridgehead atoms. The fraction of sp³-hybridized carbons (Fsp3) is 0.600. The van der Waals surface area contributed by atoms with E-state index in [0.717, 1.165) is 25.5 Å². The third-order valence-electron chi connectivity index (χ3n) is 4.25. The van der Waals surface area contributed by atoms with Gasteiger partial charge < -0.3 is 14.4 Å². The molecule has 114 valence electrons. The summed E-state index contributed by atoms with van der Waals surface area (Å²) in [5, 5.41) is 0. The molecule has 2 fully saturated rings. The molecule has 2 saturated heterocycles. The molecule has 2 aliphatic heterocycles. The zero-order valence-electron chi connectivity index (χ0n) is 12.0. The molecule has 6 heteroatoms.